The fourth-order valence-electron chi connectivity index (χ4n) is 6.91. The van der Waals surface area contributed by atoms with Crippen molar-refractivity contribution in [2.45, 2.75) is 51.2 Å². The van der Waals surface area contributed by atoms with E-state index in [2.05, 4.69) is 35.8 Å². The summed E-state index contributed by atoms with van der Waals surface area (Å²) in [6, 6.07) is 29.8. The molecule has 1 aliphatic heterocycles. The van der Waals surface area contributed by atoms with Crippen LogP contribution in [0.3, 0.4) is 0 Å². The van der Waals surface area contributed by atoms with E-state index in [4.69, 9.17) is 11.6 Å². The minimum Gasteiger partial charge on any atom is -0.465 e. The maximum atomic E-state index is 14.4. The number of nitrogens with zero attached hydrogens (tertiary/aromatic N) is 1. The number of rotatable bonds is 12. The average Bonchev–Trinajstić information content (AvgIpc) is 3.10. The summed E-state index contributed by atoms with van der Waals surface area (Å²) in [5.41, 5.74) is 5.76. The van der Waals surface area contributed by atoms with Crippen LogP contribution >= 0.6 is 11.6 Å². The van der Waals surface area contributed by atoms with Gasteiger partial charge in [-0.1, -0.05) is 91.3 Å². The third-order valence-electron chi connectivity index (χ3n) is 9.28. The fourth-order valence-corrected chi connectivity index (χ4v) is 7.19. The van der Waals surface area contributed by atoms with Crippen LogP contribution in [-0.2, 0) is 18.6 Å². The van der Waals surface area contributed by atoms with Gasteiger partial charge in [0.05, 0.1) is 5.60 Å². The van der Waals surface area contributed by atoms with Crippen molar-refractivity contribution in [3.63, 3.8) is 0 Å². The molecule has 0 radical (unpaired) electrons. The summed E-state index contributed by atoms with van der Waals surface area (Å²) in [5, 5.41) is 28.3. The Kier molecular flexibility index (Phi) is 11.4. The second-order valence-electron chi connectivity index (χ2n) is 12.3. The highest BCUT2D eigenvalue weighted by atomic mass is 35.5. The van der Waals surface area contributed by atoms with E-state index in [0.717, 1.165) is 46.2 Å². The van der Waals surface area contributed by atoms with E-state index >= 15 is 0 Å². The van der Waals surface area contributed by atoms with Crippen LogP contribution < -0.4 is 10.6 Å². The summed E-state index contributed by atoms with van der Waals surface area (Å²) in [7, 11) is 1.90. The topological polar surface area (TPSA) is 102 Å². The molecule has 5 rings (SSSR count). The molecule has 0 aromatic heterocycles. The highest BCUT2D eigenvalue weighted by Gasteiger charge is 2.43. The van der Waals surface area contributed by atoms with E-state index < -0.39 is 11.7 Å². The first kappa shape index (κ1) is 34.2. The molecule has 4 aromatic carbocycles. The molecule has 0 saturated carbocycles. The summed E-state index contributed by atoms with van der Waals surface area (Å²) in [5.74, 6) is -0.373. The standard InChI is InChI=1S/C39H44ClN3O4/c1-3-27-11-7-14-30(23-27)36-34(16-8-17-35(36)40)39(47,20-10-21-42-38(45)46)31-15-9-22-43(26-31)37(44)32-19-18-28(25-41-2)24-33(32)29-12-5-4-6-13-29/h4-8,11-14,16-19,23-24,31,41-42,47H,3,9-10,15,20-22,25-26H2,1-2H3,(H,45,46)/t31-,39+/m1/s1. The quantitative estimate of drug-likeness (QED) is 0.117. The number of halogens is 1. The third-order valence-corrected chi connectivity index (χ3v) is 9.59. The van der Waals surface area contributed by atoms with Crippen molar-refractivity contribution >= 4 is 23.6 Å². The molecule has 0 unspecified atom stereocenters. The number of carbonyl (C=O) groups is 2. The van der Waals surface area contributed by atoms with E-state index in [1.54, 1.807) is 0 Å². The van der Waals surface area contributed by atoms with Gasteiger partial charge in [0.25, 0.3) is 5.91 Å². The van der Waals surface area contributed by atoms with Crippen molar-refractivity contribution in [3.8, 4) is 22.3 Å². The maximum absolute atomic E-state index is 14.4. The minimum absolute atomic E-state index is 0.0681. The number of amides is 2. The highest BCUT2D eigenvalue weighted by molar-refractivity contribution is 6.33. The van der Waals surface area contributed by atoms with Crippen molar-refractivity contribution in [2.75, 3.05) is 26.7 Å². The van der Waals surface area contributed by atoms with Crippen LogP contribution in [0, 0.1) is 5.92 Å². The van der Waals surface area contributed by atoms with Crippen molar-refractivity contribution < 1.29 is 19.8 Å². The van der Waals surface area contributed by atoms with Crippen LogP contribution in [0.15, 0.2) is 91.0 Å². The van der Waals surface area contributed by atoms with Gasteiger partial charge in [0.1, 0.15) is 0 Å². The van der Waals surface area contributed by atoms with E-state index in [1.165, 1.54) is 0 Å². The van der Waals surface area contributed by atoms with Crippen LogP contribution in [-0.4, -0.2) is 53.8 Å². The zero-order valence-corrected chi connectivity index (χ0v) is 27.9. The Labute approximate surface area is 282 Å². The molecule has 1 fully saturated rings. The molecule has 1 saturated heterocycles. The lowest BCUT2D eigenvalue weighted by Gasteiger charge is -2.44. The molecule has 4 aromatic rings. The van der Waals surface area contributed by atoms with Crippen molar-refractivity contribution in [3.05, 3.63) is 118 Å². The zero-order valence-electron chi connectivity index (χ0n) is 27.1. The Hall–Kier alpha value is -4.17. The number of likely N-dealkylation sites (tertiary alicyclic amines) is 1. The maximum Gasteiger partial charge on any atom is 0.404 e. The van der Waals surface area contributed by atoms with Gasteiger partial charge in [0.15, 0.2) is 0 Å². The molecular weight excluding hydrogens is 610 g/mol. The summed E-state index contributed by atoms with van der Waals surface area (Å²) in [6.45, 7) is 3.93. The number of aryl methyl sites for hydroxylation is 1. The Balaban J connectivity index is 1.53. The molecule has 4 N–H and O–H groups in total. The molecule has 1 aliphatic rings. The lowest BCUT2D eigenvalue weighted by Crippen LogP contribution is -2.48. The third kappa shape index (κ3) is 7.87. The number of hydrogen-bond donors (Lipinski definition) is 4. The minimum atomic E-state index is -1.37. The SMILES string of the molecule is CCc1cccc(-c2c(Cl)cccc2[C@](O)(CCCNC(=O)O)[C@@H]2CCCN(C(=O)c3ccc(CNC)cc3-c3ccccc3)C2)c1. The fraction of sp³-hybridized carbons (Fsp3) is 0.333. The van der Waals surface area contributed by atoms with E-state index in [0.29, 0.717) is 55.0 Å². The van der Waals surface area contributed by atoms with Crippen LogP contribution in [0.1, 0.15) is 59.7 Å². The zero-order chi connectivity index (χ0) is 33.4. The molecule has 7 nitrogen and oxygen atoms in total. The second-order valence-corrected chi connectivity index (χ2v) is 12.7. The number of carbonyl (C=O) groups excluding carboxylic acids is 1. The van der Waals surface area contributed by atoms with Gasteiger partial charge < -0.3 is 25.7 Å². The van der Waals surface area contributed by atoms with Crippen molar-refractivity contribution in [1.82, 2.24) is 15.5 Å². The van der Waals surface area contributed by atoms with Gasteiger partial charge in [-0.05, 0) is 90.7 Å². The number of nitrogens with one attached hydrogen (secondary N) is 2. The van der Waals surface area contributed by atoms with Gasteiger partial charge in [0, 0.05) is 48.2 Å². The summed E-state index contributed by atoms with van der Waals surface area (Å²) in [4.78, 5) is 27.5. The lowest BCUT2D eigenvalue weighted by atomic mass is 9.72. The van der Waals surface area contributed by atoms with Gasteiger partial charge in [0.2, 0.25) is 0 Å². The molecule has 8 heteroatoms. The normalized spacial score (nSPS) is 16.0. The largest absolute Gasteiger partial charge is 0.465 e. The van der Waals surface area contributed by atoms with Crippen molar-refractivity contribution in [1.29, 1.82) is 0 Å². The predicted molar refractivity (Wildman–Crippen MR) is 189 cm³/mol. The number of aliphatic hydroxyl groups is 1. The molecule has 2 atom stereocenters. The van der Waals surface area contributed by atoms with Crippen molar-refractivity contribution in [2.24, 2.45) is 5.92 Å². The predicted octanol–water partition coefficient (Wildman–Crippen LogP) is 7.74. The van der Waals surface area contributed by atoms with Crippen LogP contribution in [0.4, 0.5) is 4.79 Å². The summed E-state index contributed by atoms with van der Waals surface area (Å²) < 4.78 is 0. The van der Waals surface area contributed by atoms with E-state index in [1.807, 2.05) is 84.7 Å². The molecule has 246 valence electrons. The summed E-state index contributed by atoms with van der Waals surface area (Å²) >= 11 is 6.91. The first-order chi connectivity index (χ1) is 22.7. The molecule has 1 heterocycles. The van der Waals surface area contributed by atoms with Gasteiger partial charge >= 0.3 is 6.09 Å². The number of hydrogen-bond acceptors (Lipinski definition) is 4. The lowest BCUT2D eigenvalue weighted by molar-refractivity contribution is -0.0563. The Morgan fingerprint density at radius 1 is 0.957 bits per heavy atom. The number of benzene rings is 4. The second kappa shape index (κ2) is 15.6. The van der Waals surface area contributed by atoms with Gasteiger partial charge in [-0.15, -0.1) is 0 Å². The molecule has 2 amide bonds. The molecule has 47 heavy (non-hydrogen) atoms. The van der Waals surface area contributed by atoms with E-state index in [-0.39, 0.29) is 18.4 Å². The van der Waals surface area contributed by atoms with E-state index in [9.17, 15) is 19.8 Å². The first-order valence-corrected chi connectivity index (χ1v) is 16.8. The van der Waals surface area contributed by atoms with Gasteiger partial charge in [-0.3, -0.25) is 4.79 Å². The Morgan fingerprint density at radius 2 is 1.72 bits per heavy atom. The van der Waals surface area contributed by atoms with Gasteiger partial charge in [-0.25, -0.2) is 4.79 Å². The number of piperidine rings is 1. The highest BCUT2D eigenvalue weighted by Crippen LogP contribution is 2.46. The van der Waals surface area contributed by atoms with Crippen LogP contribution in [0.5, 0.6) is 0 Å². The van der Waals surface area contributed by atoms with Gasteiger partial charge in [-0.2, -0.15) is 0 Å². The van der Waals surface area contributed by atoms with Crippen LogP contribution in [0.25, 0.3) is 22.3 Å². The molecule has 0 aliphatic carbocycles. The number of carboxylic acid groups (broad SMARTS) is 1. The Bertz CT molecular complexity index is 1700. The molecule has 0 bridgehead atoms. The summed E-state index contributed by atoms with van der Waals surface area (Å²) in [6.07, 6.45) is 1.91. The Morgan fingerprint density at radius 3 is 2.47 bits per heavy atom. The smallest absolute Gasteiger partial charge is 0.404 e. The first-order valence-electron chi connectivity index (χ1n) is 16.4. The average molecular weight is 654 g/mol. The van der Waals surface area contributed by atoms with Crippen LogP contribution in [0.2, 0.25) is 5.02 Å². The molecule has 0 spiro atoms. The monoisotopic (exact) mass is 653 g/mol. The molecular formula is C39H44ClN3O4.